The maximum absolute atomic E-state index is 11.9. The van der Waals surface area contributed by atoms with Gasteiger partial charge in [-0.15, -0.1) is 0 Å². The molecule has 0 aromatic heterocycles. The summed E-state index contributed by atoms with van der Waals surface area (Å²) in [7, 11) is 0. The average molecular weight is 371 g/mol. The number of hydrogen-bond acceptors (Lipinski definition) is 4. The maximum atomic E-state index is 11.9. The van der Waals surface area contributed by atoms with E-state index < -0.39 is 0 Å². The topological polar surface area (TPSA) is 68.2 Å². The van der Waals surface area contributed by atoms with Crippen molar-refractivity contribution < 1.29 is 9.59 Å². The number of nitrogens with zero attached hydrogens (tertiary/aromatic N) is 4. The molecular formula is C20H29N5O2. The van der Waals surface area contributed by atoms with Crippen LogP contribution in [0.15, 0.2) is 35.3 Å². The van der Waals surface area contributed by atoms with Gasteiger partial charge in [-0.1, -0.05) is 18.2 Å². The van der Waals surface area contributed by atoms with Crippen molar-refractivity contribution in [2.24, 2.45) is 4.99 Å². The number of anilines is 1. The molecule has 0 spiro atoms. The van der Waals surface area contributed by atoms with Crippen LogP contribution in [0.4, 0.5) is 5.69 Å². The normalized spacial score (nSPS) is 18.9. The fourth-order valence-electron chi connectivity index (χ4n) is 3.55. The lowest BCUT2D eigenvalue weighted by Crippen LogP contribution is -2.52. The number of rotatable bonds is 5. The zero-order valence-corrected chi connectivity index (χ0v) is 16.1. The van der Waals surface area contributed by atoms with E-state index in [1.807, 2.05) is 13.0 Å². The summed E-state index contributed by atoms with van der Waals surface area (Å²) in [5.41, 5.74) is 1.25. The Balaban J connectivity index is 1.55. The van der Waals surface area contributed by atoms with Crippen LogP contribution in [0.2, 0.25) is 0 Å². The van der Waals surface area contributed by atoms with Crippen LogP contribution in [0.25, 0.3) is 0 Å². The van der Waals surface area contributed by atoms with Gasteiger partial charge < -0.3 is 15.1 Å². The molecule has 146 valence electrons. The number of piperidine rings is 1. The van der Waals surface area contributed by atoms with Gasteiger partial charge in [-0.05, 0) is 25.5 Å². The lowest BCUT2D eigenvalue weighted by atomic mass is 10.1. The molecule has 1 aromatic carbocycles. The average Bonchev–Trinajstić information content (AvgIpc) is 2.70. The molecule has 0 unspecified atom stereocenters. The van der Waals surface area contributed by atoms with E-state index in [0.29, 0.717) is 32.4 Å². The van der Waals surface area contributed by atoms with Crippen molar-refractivity contribution in [3.05, 3.63) is 30.3 Å². The zero-order valence-electron chi connectivity index (χ0n) is 16.1. The molecule has 0 radical (unpaired) electrons. The van der Waals surface area contributed by atoms with Crippen LogP contribution in [0, 0.1) is 0 Å². The van der Waals surface area contributed by atoms with E-state index in [-0.39, 0.29) is 11.8 Å². The largest absolute Gasteiger partial charge is 0.368 e. The van der Waals surface area contributed by atoms with Crippen LogP contribution >= 0.6 is 0 Å². The molecule has 2 heterocycles. The SMILES string of the molecule is CCNC(=NCCN1C(=O)CCCC1=O)N1CCN(c2ccccc2)CC1. The first-order valence-corrected chi connectivity index (χ1v) is 9.85. The predicted molar refractivity (Wildman–Crippen MR) is 107 cm³/mol. The van der Waals surface area contributed by atoms with Crippen molar-refractivity contribution in [3.63, 3.8) is 0 Å². The summed E-state index contributed by atoms with van der Waals surface area (Å²) in [4.78, 5) is 34.5. The first-order valence-electron chi connectivity index (χ1n) is 9.85. The van der Waals surface area contributed by atoms with E-state index in [1.165, 1.54) is 10.6 Å². The zero-order chi connectivity index (χ0) is 19.1. The summed E-state index contributed by atoms with van der Waals surface area (Å²) in [5.74, 6) is 0.730. The molecule has 1 N–H and O–H groups in total. The van der Waals surface area contributed by atoms with Crippen molar-refractivity contribution >= 4 is 23.5 Å². The Morgan fingerprint density at radius 2 is 1.70 bits per heavy atom. The minimum atomic E-state index is -0.0667. The van der Waals surface area contributed by atoms with Crippen LogP contribution in [0.3, 0.4) is 0 Å². The van der Waals surface area contributed by atoms with Gasteiger partial charge in [0.2, 0.25) is 11.8 Å². The quantitative estimate of drug-likeness (QED) is 0.480. The summed E-state index contributed by atoms with van der Waals surface area (Å²) in [5, 5.41) is 3.34. The second kappa shape index (κ2) is 9.39. The number of aliphatic imine (C=N–C) groups is 1. The number of imide groups is 1. The van der Waals surface area contributed by atoms with E-state index in [1.54, 1.807) is 0 Å². The maximum Gasteiger partial charge on any atom is 0.229 e. The lowest BCUT2D eigenvalue weighted by Gasteiger charge is -2.37. The highest BCUT2D eigenvalue weighted by atomic mass is 16.2. The Kier molecular flexibility index (Phi) is 6.68. The number of hydrogen-bond donors (Lipinski definition) is 1. The van der Waals surface area contributed by atoms with Crippen LogP contribution < -0.4 is 10.2 Å². The number of nitrogens with one attached hydrogen (secondary N) is 1. The van der Waals surface area contributed by atoms with Gasteiger partial charge in [-0.2, -0.15) is 0 Å². The van der Waals surface area contributed by atoms with Gasteiger partial charge in [0.15, 0.2) is 5.96 Å². The summed E-state index contributed by atoms with van der Waals surface area (Å²) >= 11 is 0. The Labute approximate surface area is 161 Å². The Hall–Kier alpha value is -2.57. The van der Waals surface area contributed by atoms with Gasteiger partial charge in [-0.25, -0.2) is 0 Å². The predicted octanol–water partition coefficient (Wildman–Crippen LogP) is 1.31. The minimum absolute atomic E-state index is 0.0667. The molecule has 2 aliphatic rings. The van der Waals surface area contributed by atoms with E-state index >= 15 is 0 Å². The molecule has 2 amide bonds. The number of para-hydroxylation sites is 1. The van der Waals surface area contributed by atoms with Gasteiger partial charge in [0.25, 0.3) is 0 Å². The summed E-state index contributed by atoms with van der Waals surface area (Å²) in [6, 6.07) is 10.4. The van der Waals surface area contributed by atoms with E-state index in [9.17, 15) is 9.59 Å². The van der Waals surface area contributed by atoms with E-state index in [2.05, 4.69) is 44.4 Å². The number of piperazine rings is 1. The van der Waals surface area contributed by atoms with Crippen LogP contribution in [-0.2, 0) is 9.59 Å². The highest BCUT2D eigenvalue weighted by Crippen LogP contribution is 2.16. The van der Waals surface area contributed by atoms with Gasteiger partial charge in [-0.3, -0.25) is 19.5 Å². The molecule has 0 saturated carbocycles. The molecular weight excluding hydrogens is 342 g/mol. The standard InChI is InChI=1S/C20H29N5O2/c1-2-21-20(22-11-12-25-18(26)9-6-10-19(25)27)24-15-13-23(14-16-24)17-7-4-3-5-8-17/h3-5,7-8H,2,6,9-16H2,1H3,(H,21,22). The molecule has 3 rings (SSSR count). The van der Waals surface area contributed by atoms with Crippen molar-refractivity contribution in [1.29, 1.82) is 0 Å². The third-order valence-corrected chi connectivity index (χ3v) is 5.00. The number of guanidine groups is 1. The van der Waals surface area contributed by atoms with Gasteiger partial charge in [0.05, 0.1) is 6.54 Å². The summed E-state index contributed by atoms with van der Waals surface area (Å²) in [6.45, 7) is 7.32. The first kappa shape index (κ1) is 19.2. The fraction of sp³-hybridized carbons (Fsp3) is 0.550. The first-order chi connectivity index (χ1) is 13.2. The lowest BCUT2D eigenvalue weighted by molar-refractivity contribution is -0.147. The third-order valence-electron chi connectivity index (χ3n) is 5.00. The highest BCUT2D eigenvalue weighted by Gasteiger charge is 2.25. The molecule has 27 heavy (non-hydrogen) atoms. The van der Waals surface area contributed by atoms with Crippen molar-refractivity contribution in [1.82, 2.24) is 15.1 Å². The molecule has 0 atom stereocenters. The molecule has 2 saturated heterocycles. The molecule has 7 nitrogen and oxygen atoms in total. The second-order valence-electron chi connectivity index (χ2n) is 6.84. The number of likely N-dealkylation sites (tertiary alicyclic amines) is 1. The summed E-state index contributed by atoms with van der Waals surface area (Å²) < 4.78 is 0. The monoisotopic (exact) mass is 371 g/mol. The third kappa shape index (κ3) is 4.99. The number of benzene rings is 1. The molecule has 0 aliphatic carbocycles. The number of carbonyl (C=O) groups is 2. The van der Waals surface area contributed by atoms with Crippen molar-refractivity contribution in [2.75, 3.05) is 50.7 Å². The highest BCUT2D eigenvalue weighted by molar-refractivity contribution is 5.97. The Morgan fingerprint density at radius 1 is 1.04 bits per heavy atom. The fourth-order valence-corrected chi connectivity index (χ4v) is 3.55. The Morgan fingerprint density at radius 3 is 2.33 bits per heavy atom. The minimum Gasteiger partial charge on any atom is -0.368 e. The smallest absolute Gasteiger partial charge is 0.229 e. The van der Waals surface area contributed by atoms with Gasteiger partial charge >= 0.3 is 0 Å². The van der Waals surface area contributed by atoms with Crippen molar-refractivity contribution in [3.8, 4) is 0 Å². The second-order valence-corrected chi connectivity index (χ2v) is 6.84. The van der Waals surface area contributed by atoms with E-state index in [4.69, 9.17) is 0 Å². The molecule has 2 aliphatic heterocycles. The summed E-state index contributed by atoms with van der Waals surface area (Å²) in [6.07, 6.45) is 1.61. The molecule has 2 fully saturated rings. The van der Waals surface area contributed by atoms with Crippen molar-refractivity contribution in [2.45, 2.75) is 26.2 Å². The Bertz CT molecular complexity index is 652. The van der Waals surface area contributed by atoms with Crippen LogP contribution in [0.5, 0.6) is 0 Å². The number of carbonyl (C=O) groups excluding carboxylic acids is 2. The van der Waals surface area contributed by atoms with Gasteiger partial charge in [0, 0.05) is 57.8 Å². The molecule has 1 aromatic rings. The molecule has 0 bridgehead atoms. The van der Waals surface area contributed by atoms with Gasteiger partial charge in [0.1, 0.15) is 0 Å². The number of amides is 2. The van der Waals surface area contributed by atoms with E-state index in [0.717, 1.165) is 38.7 Å². The molecule has 7 heteroatoms. The van der Waals surface area contributed by atoms with Crippen LogP contribution in [-0.4, -0.2) is 73.4 Å². The van der Waals surface area contributed by atoms with Crippen LogP contribution in [0.1, 0.15) is 26.2 Å².